The maximum Gasteiger partial charge on any atom is 0.249 e. The standard InChI is InChI=1S/C11H9NO2/c12-11(13)9-5-3-7-14-10-6-2-1-4-8(9)10/h1-7H,(H2,12,13). The highest BCUT2D eigenvalue weighted by molar-refractivity contribution is 6.19. The Morgan fingerprint density at radius 3 is 2.86 bits per heavy atom. The predicted octanol–water partition coefficient (Wildman–Crippen LogP) is 1.46. The summed E-state index contributed by atoms with van der Waals surface area (Å²) in [5, 5.41) is 0. The van der Waals surface area contributed by atoms with Crippen molar-refractivity contribution in [1.29, 1.82) is 0 Å². The maximum absolute atomic E-state index is 11.1. The molecular formula is C11H9NO2. The van der Waals surface area contributed by atoms with Gasteiger partial charge >= 0.3 is 0 Å². The number of amides is 1. The Balaban J connectivity index is 2.59. The van der Waals surface area contributed by atoms with Crippen LogP contribution in [-0.2, 0) is 4.79 Å². The van der Waals surface area contributed by atoms with E-state index in [0.717, 1.165) is 5.56 Å². The van der Waals surface area contributed by atoms with Crippen molar-refractivity contribution < 1.29 is 9.53 Å². The maximum atomic E-state index is 11.1. The lowest BCUT2D eigenvalue weighted by Gasteiger charge is -2.06. The average Bonchev–Trinajstić information content (AvgIpc) is 2.39. The van der Waals surface area contributed by atoms with E-state index in [0.29, 0.717) is 11.3 Å². The van der Waals surface area contributed by atoms with Crippen molar-refractivity contribution in [1.82, 2.24) is 0 Å². The SMILES string of the molecule is NC(=O)C1=CC=COc2ccccc21. The zero-order chi connectivity index (χ0) is 9.97. The number of hydrogen-bond acceptors (Lipinski definition) is 2. The van der Waals surface area contributed by atoms with E-state index in [-0.39, 0.29) is 0 Å². The molecule has 0 fully saturated rings. The van der Waals surface area contributed by atoms with Crippen LogP contribution in [0, 0.1) is 0 Å². The fourth-order valence-corrected chi connectivity index (χ4v) is 1.34. The first-order valence-electron chi connectivity index (χ1n) is 4.22. The van der Waals surface area contributed by atoms with E-state index in [9.17, 15) is 4.79 Å². The van der Waals surface area contributed by atoms with Crippen molar-refractivity contribution >= 4 is 11.5 Å². The summed E-state index contributed by atoms with van der Waals surface area (Å²) in [6, 6.07) is 7.28. The van der Waals surface area contributed by atoms with E-state index in [1.807, 2.05) is 12.1 Å². The van der Waals surface area contributed by atoms with Crippen LogP contribution < -0.4 is 10.5 Å². The third-order valence-corrected chi connectivity index (χ3v) is 1.98. The molecule has 0 spiro atoms. The molecule has 14 heavy (non-hydrogen) atoms. The second-order valence-electron chi connectivity index (χ2n) is 2.89. The van der Waals surface area contributed by atoms with Crippen molar-refractivity contribution in [2.24, 2.45) is 5.73 Å². The fraction of sp³-hybridized carbons (Fsp3) is 0. The molecule has 70 valence electrons. The second-order valence-corrected chi connectivity index (χ2v) is 2.89. The molecule has 3 heteroatoms. The summed E-state index contributed by atoms with van der Waals surface area (Å²) in [5.41, 5.74) is 6.45. The zero-order valence-corrected chi connectivity index (χ0v) is 7.44. The Hall–Kier alpha value is -2.03. The van der Waals surface area contributed by atoms with E-state index in [2.05, 4.69) is 0 Å². The summed E-state index contributed by atoms with van der Waals surface area (Å²) in [7, 11) is 0. The average molecular weight is 187 g/mol. The van der Waals surface area contributed by atoms with Gasteiger partial charge < -0.3 is 10.5 Å². The number of allylic oxidation sites excluding steroid dienone is 2. The van der Waals surface area contributed by atoms with Crippen LogP contribution in [-0.4, -0.2) is 5.91 Å². The Labute approximate surface area is 81.5 Å². The number of nitrogens with two attached hydrogens (primary N) is 1. The van der Waals surface area contributed by atoms with Gasteiger partial charge in [0.1, 0.15) is 5.75 Å². The monoisotopic (exact) mass is 187 g/mol. The summed E-state index contributed by atoms with van der Waals surface area (Å²) in [5.74, 6) is 0.193. The van der Waals surface area contributed by atoms with Crippen molar-refractivity contribution in [3.05, 3.63) is 48.2 Å². The largest absolute Gasteiger partial charge is 0.464 e. The number of primary amides is 1. The van der Waals surface area contributed by atoms with Gasteiger partial charge in [-0.2, -0.15) is 0 Å². The molecule has 0 unspecified atom stereocenters. The summed E-state index contributed by atoms with van der Waals surface area (Å²) in [6.45, 7) is 0. The summed E-state index contributed by atoms with van der Waals surface area (Å²) in [4.78, 5) is 11.1. The molecule has 0 aromatic heterocycles. The summed E-state index contributed by atoms with van der Waals surface area (Å²) >= 11 is 0. The highest BCUT2D eigenvalue weighted by atomic mass is 16.5. The molecule has 1 aromatic rings. The van der Waals surface area contributed by atoms with Gasteiger partial charge in [-0.3, -0.25) is 4.79 Å². The van der Waals surface area contributed by atoms with Crippen molar-refractivity contribution in [2.45, 2.75) is 0 Å². The lowest BCUT2D eigenvalue weighted by Crippen LogP contribution is -2.12. The number of para-hydroxylation sites is 1. The zero-order valence-electron chi connectivity index (χ0n) is 7.44. The molecule has 1 aliphatic rings. The van der Waals surface area contributed by atoms with Crippen LogP contribution >= 0.6 is 0 Å². The van der Waals surface area contributed by atoms with Gasteiger partial charge in [-0.05, 0) is 18.2 Å². The Kier molecular flexibility index (Phi) is 2.07. The van der Waals surface area contributed by atoms with Crippen LogP contribution in [0.1, 0.15) is 5.56 Å². The second kappa shape index (κ2) is 3.38. The van der Waals surface area contributed by atoms with Gasteiger partial charge in [0.2, 0.25) is 5.91 Å². The Morgan fingerprint density at radius 2 is 2.07 bits per heavy atom. The minimum atomic E-state index is -0.451. The molecule has 0 atom stereocenters. The third-order valence-electron chi connectivity index (χ3n) is 1.98. The van der Waals surface area contributed by atoms with Crippen LogP contribution in [0.4, 0.5) is 0 Å². The van der Waals surface area contributed by atoms with E-state index in [1.54, 1.807) is 24.3 Å². The first-order valence-corrected chi connectivity index (χ1v) is 4.22. The van der Waals surface area contributed by atoms with E-state index in [4.69, 9.17) is 10.5 Å². The number of rotatable bonds is 1. The molecular weight excluding hydrogens is 178 g/mol. The normalized spacial score (nSPS) is 13.6. The number of hydrogen-bond donors (Lipinski definition) is 1. The van der Waals surface area contributed by atoms with Crippen molar-refractivity contribution in [2.75, 3.05) is 0 Å². The molecule has 1 aliphatic heterocycles. The van der Waals surface area contributed by atoms with Crippen molar-refractivity contribution in [3.63, 3.8) is 0 Å². The van der Waals surface area contributed by atoms with Gasteiger partial charge in [-0.15, -0.1) is 0 Å². The Bertz CT molecular complexity index is 433. The number of carbonyl (C=O) groups excluding carboxylic acids is 1. The fourth-order valence-electron chi connectivity index (χ4n) is 1.34. The molecule has 2 N–H and O–H groups in total. The molecule has 0 saturated heterocycles. The quantitative estimate of drug-likeness (QED) is 0.723. The van der Waals surface area contributed by atoms with Gasteiger partial charge in [-0.25, -0.2) is 0 Å². The highest BCUT2D eigenvalue weighted by Crippen LogP contribution is 2.27. The molecule has 0 radical (unpaired) electrons. The molecule has 1 amide bonds. The number of carbonyl (C=O) groups is 1. The van der Waals surface area contributed by atoms with Gasteiger partial charge in [0.05, 0.1) is 11.8 Å². The third kappa shape index (κ3) is 1.40. The van der Waals surface area contributed by atoms with Gasteiger partial charge in [0, 0.05) is 5.56 Å². The summed E-state index contributed by atoms with van der Waals surface area (Å²) in [6.07, 6.45) is 4.82. The molecule has 2 rings (SSSR count). The minimum Gasteiger partial charge on any atom is -0.464 e. The van der Waals surface area contributed by atoms with Gasteiger partial charge in [0.25, 0.3) is 0 Å². The van der Waals surface area contributed by atoms with E-state index >= 15 is 0 Å². The van der Waals surface area contributed by atoms with Crippen LogP contribution in [0.25, 0.3) is 5.57 Å². The van der Waals surface area contributed by atoms with E-state index < -0.39 is 5.91 Å². The van der Waals surface area contributed by atoms with E-state index in [1.165, 1.54) is 6.26 Å². The molecule has 1 aromatic carbocycles. The molecule has 1 heterocycles. The molecule has 0 saturated carbocycles. The summed E-state index contributed by atoms with van der Waals surface area (Å²) < 4.78 is 5.29. The lowest BCUT2D eigenvalue weighted by atomic mass is 10.0. The topological polar surface area (TPSA) is 52.3 Å². The minimum absolute atomic E-state index is 0.451. The number of benzene rings is 1. The first kappa shape index (κ1) is 8.56. The first-order chi connectivity index (χ1) is 6.79. The highest BCUT2D eigenvalue weighted by Gasteiger charge is 2.13. The molecule has 0 bridgehead atoms. The van der Waals surface area contributed by atoms with Crippen LogP contribution in [0.15, 0.2) is 42.7 Å². The van der Waals surface area contributed by atoms with Crippen LogP contribution in [0.5, 0.6) is 5.75 Å². The number of fused-ring (bicyclic) bond motifs is 1. The molecule has 3 nitrogen and oxygen atoms in total. The van der Waals surface area contributed by atoms with Gasteiger partial charge in [0.15, 0.2) is 0 Å². The van der Waals surface area contributed by atoms with Crippen LogP contribution in [0.2, 0.25) is 0 Å². The number of ether oxygens (including phenoxy) is 1. The van der Waals surface area contributed by atoms with Crippen molar-refractivity contribution in [3.8, 4) is 5.75 Å². The predicted molar refractivity (Wildman–Crippen MR) is 53.4 cm³/mol. The lowest BCUT2D eigenvalue weighted by molar-refractivity contribution is -0.112. The van der Waals surface area contributed by atoms with Gasteiger partial charge in [-0.1, -0.05) is 18.2 Å². The Morgan fingerprint density at radius 1 is 1.29 bits per heavy atom. The van der Waals surface area contributed by atoms with Crippen LogP contribution in [0.3, 0.4) is 0 Å². The smallest absolute Gasteiger partial charge is 0.249 e. The molecule has 0 aliphatic carbocycles.